The smallest absolute Gasteiger partial charge is 0.203 e. The van der Waals surface area contributed by atoms with Crippen molar-refractivity contribution in [2.24, 2.45) is 0 Å². The minimum atomic E-state index is 0. The summed E-state index contributed by atoms with van der Waals surface area (Å²) < 4.78 is 10.4. The molecule has 2 rings (SSSR count). The molecule has 1 atom stereocenters. The summed E-state index contributed by atoms with van der Waals surface area (Å²) in [6, 6.07) is 2.09. The van der Waals surface area contributed by atoms with Crippen molar-refractivity contribution < 1.29 is 14.6 Å². The zero-order valence-electron chi connectivity index (χ0n) is 10.2. The van der Waals surface area contributed by atoms with Crippen LogP contribution in [0.2, 0.25) is 0 Å². The molecule has 0 aromatic heterocycles. The van der Waals surface area contributed by atoms with E-state index in [1.165, 1.54) is 7.11 Å². The lowest BCUT2D eigenvalue weighted by molar-refractivity contribution is 0.326. The standard InChI is InChI=1S/C12H17NO3.ClH/c1-7-10-8(4-5-13-7)6-9(15-2)12(16-3)11(10)14;/h6-7,13-14H,4-5H2,1-3H3;1H. The van der Waals surface area contributed by atoms with E-state index in [0.717, 1.165) is 24.1 Å². The number of hydrogen-bond acceptors (Lipinski definition) is 4. The van der Waals surface area contributed by atoms with Crippen LogP contribution in [0.1, 0.15) is 24.1 Å². The fourth-order valence-electron chi connectivity index (χ4n) is 2.26. The van der Waals surface area contributed by atoms with Crippen LogP contribution in [0.25, 0.3) is 0 Å². The summed E-state index contributed by atoms with van der Waals surface area (Å²) in [6.45, 7) is 2.95. The van der Waals surface area contributed by atoms with Gasteiger partial charge in [0.25, 0.3) is 0 Å². The average molecular weight is 260 g/mol. The Morgan fingerprint density at radius 2 is 2.06 bits per heavy atom. The maximum atomic E-state index is 10.2. The second kappa shape index (κ2) is 5.47. The van der Waals surface area contributed by atoms with Gasteiger partial charge in [0.1, 0.15) is 0 Å². The van der Waals surface area contributed by atoms with Crippen LogP contribution in [-0.2, 0) is 6.42 Å². The molecular weight excluding hydrogens is 242 g/mol. The molecule has 0 saturated heterocycles. The van der Waals surface area contributed by atoms with Crippen molar-refractivity contribution in [3.8, 4) is 17.2 Å². The first-order chi connectivity index (χ1) is 7.69. The van der Waals surface area contributed by atoms with Crippen molar-refractivity contribution in [3.05, 3.63) is 17.2 Å². The Labute approximate surface area is 107 Å². The van der Waals surface area contributed by atoms with Crippen LogP contribution in [0.3, 0.4) is 0 Å². The van der Waals surface area contributed by atoms with Gasteiger partial charge < -0.3 is 19.9 Å². The van der Waals surface area contributed by atoms with Gasteiger partial charge in [-0.2, -0.15) is 0 Å². The minimum Gasteiger partial charge on any atom is -0.504 e. The van der Waals surface area contributed by atoms with Crippen molar-refractivity contribution in [1.29, 1.82) is 0 Å². The van der Waals surface area contributed by atoms with E-state index in [-0.39, 0.29) is 24.2 Å². The monoisotopic (exact) mass is 259 g/mol. The van der Waals surface area contributed by atoms with Crippen LogP contribution in [0.15, 0.2) is 6.07 Å². The number of phenolic OH excluding ortho intramolecular Hbond substituents is 1. The van der Waals surface area contributed by atoms with E-state index >= 15 is 0 Å². The summed E-state index contributed by atoms with van der Waals surface area (Å²) in [7, 11) is 3.11. The quantitative estimate of drug-likeness (QED) is 0.853. The first-order valence-electron chi connectivity index (χ1n) is 5.39. The van der Waals surface area contributed by atoms with Gasteiger partial charge in [-0.3, -0.25) is 0 Å². The number of phenols is 1. The minimum absolute atomic E-state index is 0. The Balaban J connectivity index is 0.00000144. The number of ether oxygens (including phenoxy) is 2. The molecule has 0 aliphatic carbocycles. The molecule has 1 aliphatic heterocycles. The van der Waals surface area contributed by atoms with Crippen molar-refractivity contribution in [2.75, 3.05) is 20.8 Å². The molecule has 1 heterocycles. The topological polar surface area (TPSA) is 50.7 Å². The fraction of sp³-hybridized carbons (Fsp3) is 0.500. The highest BCUT2D eigenvalue weighted by atomic mass is 35.5. The second-order valence-electron chi connectivity index (χ2n) is 3.96. The van der Waals surface area contributed by atoms with E-state index in [9.17, 15) is 5.11 Å². The van der Waals surface area contributed by atoms with E-state index in [0.29, 0.717) is 11.5 Å². The highest BCUT2D eigenvalue weighted by Gasteiger charge is 2.25. The van der Waals surface area contributed by atoms with Crippen molar-refractivity contribution in [2.45, 2.75) is 19.4 Å². The van der Waals surface area contributed by atoms with Gasteiger partial charge in [-0.25, -0.2) is 0 Å². The molecule has 0 amide bonds. The molecule has 1 aromatic rings. The molecule has 0 spiro atoms. The highest BCUT2D eigenvalue weighted by Crippen LogP contribution is 2.44. The number of nitrogens with one attached hydrogen (secondary N) is 1. The first-order valence-corrected chi connectivity index (χ1v) is 5.39. The Morgan fingerprint density at radius 1 is 1.35 bits per heavy atom. The Kier molecular flexibility index (Phi) is 4.48. The summed E-state index contributed by atoms with van der Waals surface area (Å²) in [5, 5.41) is 13.5. The second-order valence-corrected chi connectivity index (χ2v) is 3.96. The van der Waals surface area contributed by atoms with Crippen molar-refractivity contribution in [3.63, 3.8) is 0 Å². The van der Waals surface area contributed by atoms with Gasteiger partial charge in [-0.15, -0.1) is 12.4 Å². The number of fused-ring (bicyclic) bond motifs is 1. The number of methoxy groups -OCH3 is 2. The molecule has 2 N–H and O–H groups in total. The van der Waals surface area contributed by atoms with Gasteiger partial charge in [-0.05, 0) is 31.5 Å². The molecule has 0 fully saturated rings. The summed E-state index contributed by atoms with van der Waals surface area (Å²) >= 11 is 0. The fourth-order valence-corrected chi connectivity index (χ4v) is 2.26. The van der Waals surface area contributed by atoms with Gasteiger partial charge in [0.05, 0.1) is 14.2 Å². The lowest BCUT2D eigenvalue weighted by atomic mass is 9.93. The van der Waals surface area contributed by atoms with Crippen LogP contribution < -0.4 is 14.8 Å². The van der Waals surface area contributed by atoms with E-state index in [2.05, 4.69) is 5.32 Å². The van der Waals surface area contributed by atoms with Crippen LogP contribution in [0.4, 0.5) is 0 Å². The summed E-state index contributed by atoms with van der Waals surface area (Å²) in [6.07, 6.45) is 0.896. The third-order valence-electron chi connectivity index (χ3n) is 3.05. The molecule has 96 valence electrons. The molecule has 5 heteroatoms. The van der Waals surface area contributed by atoms with Crippen molar-refractivity contribution in [1.82, 2.24) is 5.32 Å². The van der Waals surface area contributed by atoms with Gasteiger partial charge in [0, 0.05) is 11.6 Å². The number of aromatic hydroxyl groups is 1. The average Bonchev–Trinajstić information content (AvgIpc) is 2.28. The number of hydrogen-bond donors (Lipinski definition) is 2. The lowest BCUT2D eigenvalue weighted by Gasteiger charge is -2.26. The molecular formula is C12H18ClNO3. The van der Waals surface area contributed by atoms with Crippen LogP contribution in [0, 0.1) is 0 Å². The predicted molar refractivity (Wildman–Crippen MR) is 68.6 cm³/mol. The van der Waals surface area contributed by atoms with E-state index in [4.69, 9.17) is 9.47 Å². The third-order valence-corrected chi connectivity index (χ3v) is 3.05. The maximum Gasteiger partial charge on any atom is 0.203 e. The SMILES string of the molecule is COc1cc2c(c(O)c1OC)C(C)NCC2.Cl. The normalized spacial score (nSPS) is 17.9. The summed E-state index contributed by atoms with van der Waals surface area (Å²) in [4.78, 5) is 0. The zero-order chi connectivity index (χ0) is 11.7. The van der Waals surface area contributed by atoms with Gasteiger partial charge >= 0.3 is 0 Å². The molecule has 4 nitrogen and oxygen atoms in total. The van der Waals surface area contributed by atoms with Crippen LogP contribution >= 0.6 is 12.4 Å². The first kappa shape index (κ1) is 13.9. The summed E-state index contributed by atoms with van der Waals surface area (Å²) in [5.41, 5.74) is 2.05. The van der Waals surface area contributed by atoms with E-state index in [1.807, 2.05) is 13.0 Å². The van der Waals surface area contributed by atoms with Gasteiger partial charge in [0.2, 0.25) is 5.75 Å². The predicted octanol–water partition coefficient (Wildman–Crippen LogP) is 2.04. The lowest BCUT2D eigenvalue weighted by Crippen LogP contribution is -2.28. The van der Waals surface area contributed by atoms with Crippen LogP contribution in [-0.4, -0.2) is 25.9 Å². The highest BCUT2D eigenvalue weighted by molar-refractivity contribution is 5.85. The molecule has 0 saturated carbocycles. The van der Waals surface area contributed by atoms with E-state index < -0.39 is 0 Å². The molecule has 0 radical (unpaired) electrons. The maximum absolute atomic E-state index is 10.2. The zero-order valence-corrected chi connectivity index (χ0v) is 11.1. The molecule has 17 heavy (non-hydrogen) atoms. The molecule has 1 aliphatic rings. The van der Waals surface area contributed by atoms with E-state index in [1.54, 1.807) is 7.11 Å². The number of halogens is 1. The molecule has 1 aromatic carbocycles. The number of benzene rings is 1. The Morgan fingerprint density at radius 3 is 2.65 bits per heavy atom. The number of rotatable bonds is 2. The Hall–Kier alpha value is -1.13. The van der Waals surface area contributed by atoms with Gasteiger partial charge in [-0.1, -0.05) is 0 Å². The molecule has 1 unspecified atom stereocenters. The third kappa shape index (κ3) is 2.28. The van der Waals surface area contributed by atoms with Crippen LogP contribution in [0.5, 0.6) is 17.2 Å². The van der Waals surface area contributed by atoms with Gasteiger partial charge in [0.15, 0.2) is 11.5 Å². The molecule has 0 bridgehead atoms. The summed E-state index contributed by atoms with van der Waals surface area (Å²) in [5.74, 6) is 1.20. The Bertz CT molecular complexity index is 409. The largest absolute Gasteiger partial charge is 0.504 e. The van der Waals surface area contributed by atoms with Crippen molar-refractivity contribution >= 4 is 12.4 Å².